The van der Waals surface area contributed by atoms with Gasteiger partial charge in [-0.15, -0.1) is 0 Å². The summed E-state index contributed by atoms with van der Waals surface area (Å²) in [6, 6.07) is 0.535. The van der Waals surface area contributed by atoms with Crippen LogP contribution in [0.25, 0.3) is 0 Å². The minimum absolute atomic E-state index is 0.253. The van der Waals surface area contributed by atoms with Crippen LogP contribution in [0.3, 0.4) is 0 Å². The molecule has 1 rings (SSSR count). The third-order valence-electron chi connectivity index (χ3n) is 4.23. The maximum absolute atomic E-state index is 12.0. The molecule has 0 radical (unpaired) electrons. The number of nitrogens with zero attached hydrogens (tertiary/aromatic N) is 1. The molecule has 3 N–H and O–H groups in total. The predicted molar refractivity (Wildman–Crippen MR) is 90.8 cm³/mol. The fourth-order valence-electron chi connectivity index (χ4n) is 3.06. The lowest BCUT2D eigenvalue weighted by Crippen LogP contribution is -2.45. The minimum atomic E-state index is -0.441. The molecule has 5 heteroatoms. The van der Waals surface area contributed by atoms with Gasteiger partial charge in [0.25, 0.3) is 0 Å². The van der Waals surface area contributed by atoms with Crippen molar-refractivity contribution in [1.82, 2.24) is 10.2 Å². The van der Waals surface area contributed by atoms with E-state index in [1.54, 1.807) is 11.9 Å². The summed E-state index contributed by atoms with van der Waals surface area (Å²) in [6.07, 6.45) is 4.80. The van der Waals surface area contributed by atoms with E-state index in [0.717, 1.165) is 13.1 Å². The second kappa shape index (κ2) is 8.73. The number of nitrogens with one attached hydrogen (secondary N) is 1. The molecule has 0 aromatic rings. The maximum Gasteiger partial charge on any atom is 0.410 e. The van der Waals surface area contributed by atoms with Gasteiger partial charge >= 0.3 is 6.09 Å². The van der Waals surface area contributed by atoms with Crippen LogP contribution in [0.5, 0.6) is 0 Å². The van der Waals surface area contributed by atoms with Crippen LogP contribution in [0.4, 0.5) is 4.79 Å². The van der Waals surface area contributed by atoms with Gasteiger partial charge in [0.1, 0.15) is 5.60 Å². The first kappa shape index (κ1) is 19.2. The van der Waals surface area contributed by atoms with E-state index in [1.807, 2.05) is 20.8 Å². The summed E-state index contributed by atoms with van der Waals surface area (Å²) in [5, 5.41) is 3.66. The molecule has 3 atom stereocenters. The third kappa shape index (κ3) is 6.97. The number of carbonyl (C=O) groups is 1. The van der Waals surface area contributed by atoms with Crippen molar-refractivity contribution in [3.8, 4) is 0 Å². The van der Waals surface area contributed by atoms with Gasteiger partial charge < -0.3 is 20.7 Å². The number of hydrogen-bond donors (Lipinski definition) is 2. The minimum Gasteiger partial charge on any atom is -0.444 e. The highest BCUT2D eigenvalue weighted by atomic mass is 16.6. The van der Waals surface area contributed by atoms with E-state index in [4.69, 9.17) is 10.5 Å². The normalized spacial score (nSPS) is 23.9. The highest BCUT2D eigenvalue weighted by Crippen LogP contribution is 2.23. The van der Waals surface area contributed by atoms with Crippen molar-refractivity contribution in [2.24, 2.45) is 17.6 Å². The van der Waals surface area contributed by atoms with Crippen molar-refractivity contribution in [1.29, 1.82) is 0 Å². The SMILES string of the molecule is CC(CNC1CCCCC1CN)CN(C)C(=O)OC(C)(C)C. The van der Waals surface area contributed by atoms with Crippen LogP contribution in [0.2, 0.25) is 0 Å². The van der Waals surface area contributed by atoms with E-state index in [1.165, 1.54) is 25.7 Å². The zero-order chi connectivity index (χ0) is 16.8. The number of nitrogens with two attached hydrogens (primary N) is 1. The zero-order valence-electron chi connectivity index (χ0n) is 15.0. The Morgan fingerprint density at radius 2 is 2.00 bits per heavy atom. The number of rotatable bonds is 6. The maximum atomic E-state index is 12.0. The highest BCUT2D eigenvalue weighted by Gasteiger charge is 2.25. The topological polar surface area (TPSA) is 67.6 Å². The van der Waals surface area contributed by atoms with Crippen LogP contribution in [0, 0.1) is 11.8 Å². The van der Waals surface area contributed by atoms with Gasteiger partial charge in [0.05, 0.1) is 0 Å². The monoisotopic (exact) mass is 313 g/mol. The van der Waals surface area contributed by atoms with Crippen molar-refractivity contribution < 1.29 is 9.53 Å². The molecule has 0 aromatic heterocycles. The Bertz CT molecular complexity index is 341. The van der Waals surface area contributed by atoms with E-state index in [0.29, 0.717) is 24.4 Å². The Kier molecular flexibility index (Phi) is 7.63. The van der Waals surface area contributed by atoms with Crippen molar-refractivity contribution in [3.05, 3.63) is 0 Å². The van der Waals surface area contributed by atoms with Crippen molar-refractivity contribution in [2.45, 2.75) is 65.0 Å². The second-order valence-electron chi connectivity index (χ2n) is 7.76. The van der Waals surface area contributed by atoms with Gasteiger partial charge in [-0.1, -0.05) is 19.8 Å². The summed E-state index contributed by atoms with van der Waals surface area (Å²) >= 11 is 0. The largest absolute Gasteiger partial charge is 0.444 e. The molecular formula is C17H35N3O2. The Hall–Kier alpha value is -0.810. The number of amides is 1. The van der Waals surface area contributed by atoms with E-state index >= 15 is 0 Å². The molecule has 1 aliphatic rings. The molecule has 0 bridgehead atoms. The molecule has 0 spiro atoms. The van der Waals surface area contributed by atoms with Crippen molar-refractivity contribution in [3.63, 3.8) is 0 Å². The van der Waals surface area contributed by atoms with E-state index in [-0.39, 0.29) is 6.09 Å². The molecule has 0 saturated heterocycles. The van der Waals surface area contributed by atoms with Gasteiger partial charge in [-0.2, -0.15) is 0 Å². The number of carbonyl (C=O) groups excluding carboxylic acids is 1. The summed E-state index contributed by atoms with van der Waals surface area (Å²) in [5.74, 6) is 0.988. The number of hydrogen-bond acceptors (Lipinski definition) is 4. The van der Waals surface area contributed by atoms with Crippen molar-refractivity contribution in [2.75, 3.05) is 26.7 Å². The van der Waals surface area contributed by atoms with Crippen molar-refractivity contribution >= 4 is 6.09 Å². The molecule has 3 unspecified atom stereocenters. The van der Waals surface area contributed by atoms with Gasteiger partial charge in [-0.25, -0.2) is 4.79 Å². The van der Waals surface area contributed by atoms with Crippen LogP contribution in [-0.2, 0) is 4.74 Å². The fraction of sp³-hybridized carbons (Fsp3) is 0.941. The standard InChI is InChI=1S/C17H35N3O2/c1-13(12-20(5)16(21)22-17(2,3)4)11-19-15-9-7-6-8-14(15)10-18/h13-15,19H,6-12,18H2,1-5H3. The van der Waals surface area contributed by atoms with Crippen LogP contribution >= 0.6 is 0 Å². The zero-order valence-corrected chi connectivity index (χ0v) is 15.0. The van der Waals surface area contributed by atoms with Gasteiger partial charge in [-0.3, -0.25) is 0 Å². The van der Waals surface area contributed by atoms with E-state index < -0.39 is 5.60 Å². The van der Waals surface area contributed by atoms with E-state index in [9.17, 15) is 4.79 Å². The smallest absolute Gasteiger partial charge is 0.410 e. The molecule has 5 nitrogen and oxygen atoms in total. The molecule has 1 fully saturated rings. The summed E-state index contributed by atoms with van der Waals surface area (Å²) < 4.78 is 5.38. The Morgan fingerprint density at radius 3 is 2.59 bits per heavy atom. The highest BCUT2D eigenvalue weighted by molar-refractivity contribution is 5.67. The summed E-state index contributed by atoms with van der Waals surface area (Å²) in [6.45, 7) is 10.2. The van der Waals surface area contributed by atoms with Crippen LogP contribution in [-0.4, -0.2) is 49.3 Å². The Labute approximate surface area is 135 Å². The molecular weight excluding hydrogens is 278 g/mol. The van der Waals surface area contributed by atoms with Gasteiger partial charge in [0.15, 0.2) is 0 Å². The lowest BCUT2D eigenvalue weighted by Gasteiger charge is -2.33. The molecule has 1 saturated carbocycles. The molecule has 1 amide bonds. The molecule has 130 valence electrons. The third-order valence-corrected chi connectivity index (χ3v) is 4.23. The summed E-state index contributed by atoms with van der Waals surface area (Å²) in [4.78, 5) is 13.6. The Morgan fingerprint density at radius 1 is 1.36 bits per heavy atom. The Balaban J connectivity index is 2.32. The predicted octanol–water partition coefficient (Wildman–Crippen LogP) is 2.60. The summed E-state index contributed by atoms with van der Waals surface area (Å²) in [5.41, 5.74) is 5.43. The molecule has 0 aliphatic heterocycles. The average Bonchev–Trinajstić information content (AvgIpc) is 2.43. The lowest BCUT2D eigenvalue weighted by molar-refractivity contribution is 0.0275. The van der Waals surface area contributed by atoms with E-state index in [2.05, 4.69) is 12.2 Å². The first-order chi connectivity index (χ1) is 10.2. The molecule has 0 heterocycles. The first-order valence-corrected chi connectivity index (χ1v) is 8.60. The first-order valence-electron chi connectivity index (χ1n) is 8.60. The van der Waals surface area contributed by atoms with Crippen LogP contribution in [0.1, 0.15) is 53.4 Å². The second-order valence-corrected chi connectivity index (χ2v) is 7.76. The molecule has 1 aliphatic carbocycles. The van der Waals surface area contributed by atoms with Gasteiger partial charge in [0, 0.05) is 19.6 Å². The lowest BCUT2D eigenvalue weighted by atomic mass is 9.84. The average molecular weight is 313 g/mol. The summed E-state index contributed by atoms with van der Waals surface area (Å²) in [7, 11) is 1.80. The fourth-order valence-corrected chi connectivity index (χ4v) is 3.06. The molecule has 0 aromatic carbocycles. The van der Waals surface area contributed by atoms with Gasteiger partial charge in [-0.05, 0) is 58.5 Å². The van der Waals surface area contributed by atoms with Crippen LogP contribution in [0.15, 0.2) is 0 Å². The quantitative estimate of drug-likeness (QED) is 0.791. The van der Waals surface area contributed by atoms with Crippen LogP contribution < -0.4 is 11.1 Å². The molecule has 22 heavy (non-hydrogen) atoms. The number of ether oxygens (including phenoxy) is 1. The van der Waals surface area contributed by atoms with Gasteiger partial charge in [0.2, 0.25) is 0 Å².